The van der Waals surface area contributed by atoms with Gasteiger partial charge in [-0.1, -0.05) is 0 Å². The molecule has 0 unspecified atom stereocenters. The first-order valence-corrected chi connectivity index (χ1v) is 9.37. The van der Waals surface area contributed by atoms with Crippen LogP contribution < -0.4 is 10.5 Å². The van der Waals surface area contributed by atoms with E-state index in [1.54, 1.807) is 24.3 Å². The van der Waals surface area contributed by atoms with E-state index in [-0.39, 0.29) is 16.3 Å². The van der Waals surface area contributed by atoms with Crippen LogP contribution in [0.1, 0.15) is 12.5 Å². The second kappa shape index (κ2) is 6.80. The minimum Gasteiger partial charge on any atom is -0.494 e. The molecule has 0 aliphatic rings. The number of rotatable bonds is 5. The van der Waals surface area contributed by atoms with Crippen LogP contribution in [0.4, 0.5) is 10.2 Å². The molecule has 0 saturated carbocycles. The van der Waals surface area contributed by atoms with E-state index in [1.165, 1.54) is 25.1 Å². The Kier molecular flexibility index (Phi) is 4.69. The molecule has 8 heteroatoms. The summed E-state index contributed by atoms with van der Waals surface area (Å²) in [5.41, 5.74) is 7.20. The summed E-state index contributed by atoms with van der Waals surface area (Å²) in [6, 6.07) is 12.1. The van der Waals surface area contributed by atoms with Gasteiger partial charge in [-0.2, -0.15) is 13.5 Å². The largest absolute Gasteiger partial charge is 0.494 e. The Balaban J connectivity index is 2.00. The highest BCUT2D eigenvalue weighted by atomic mass is 32.2. The summed E-state index contributed by atoms with van der Waals surface area (Å²) in [5, 5.41) is 4.12. The topological polar surface area (TPSA) is 87.2 Å². The van der Waals surface area contributed by atoms with Crippen molar-refractivity contribution in [3.8, 4) is 17.0 Å². The number of aryl methyl sites for hydroxylation is 1. The number of hydrogen-bond acceptors (Lipinski definition) is 5. The number of nitrogen functional groups attached to an aromatic ring is 1. The minimum atomic E-state index is -4.02. The van der Waals surface area contributed by atoms with Crippen LogP contribution in [0.25, 0.3) is 11.3 Å². The second-order valence-electron chi connectivity index (χ2n) is 5.67. The molecule has 3 rings (SSSR count). The molecule has 3 aromatic rings. The fourth-order valence-corrected chi connectivity index (χ4v) is 3.77. The van der Waals surface area contributed by atoms with Crippen LogP contribution in [0.3, 0.4) is 0 Å². The van der Waals surface area contributed by atoms with Crippen molar-refractivity contribution in [2.45, 2.75) is 18.7 Å². The second-order valence-corrected chi connectivity index (χ2v) is 7.44. The first-order chi connectivity index (χ1) is 12.3. The van der Waals surface area contributed by atoms with Gasteiger partial charge in [0.15, 0.2) is 0 Å². The predicted octanol–water partition coefficient (Wildman–Crippen LogP) is 3.22. The van der Waals surface area contributed by atoms with Crippen molar-refractivity contribution in [2.75, 3.05) is 12.3 Å². The number of nitrogens with zero attached hydrogens (tertiary/aromatic N) is 2. The summed E-state index contributed by atoms with van der Waals surface area (Å²) in [7, 11) is -4.02. The molecule has 0 atom stereocenters. The molecule has 0 radical (unpaired) electrons. The lowest BCUT2D eigenvalue weighted by molar-refractivity contribution is 0.340. The normalized spacial score (nSPS) is 11.5. The van der Waals surface area contributed by atoms with Crippen LogP contribution in [0.2, 0.25) is 0 Å². The van der Waals surface area contributed by atoms with Gasteiger partial charge in [-0.05, 0) is 61.9 Å². The highest BCUT2D eigenvalue weighted by Gasteiger charge is 2.22. The Labute approximate surface area is 151 Å². The highest BCUT2D eigenvalue weighted by molar-refractivity contribution is 7.90. The third-order valence-corrected chi connectivity index (χ3v) is 5.42. The van der Waals surface area contributed by atoms with Crippen LogP contribution in [-0.2, 0) is 10.0 Å². The molecule has 26 heavy (non-hydrogen) atoms. The summed E-state index contributed by atoms with van der Waals surface area (Å²) in [5.74, 6) is 0.196. The molecule has 6 nitrogen and oxygen atoms in total. The van der Waals surface area contributed by atoms with Crippen molar-refractivity contribution >= 4 is 15.8 Å². The zero-order chi connectivity index (χ0) is 18.9. The van der Waals surface area contributed by atoms with Gasteiger partial charge in [-0.25, -0.2) is 4.39 Å². The molecule has 0 amide bonds. The zero-order valence-electron chi connectivity index (χ0n) is 14.3. The maximum atomic E-state index is 13.4. The molecule has 2 N–H and O–H groups in total. The van der Waals surface area contributed by atoms with E-state index >= 15 is 0 Å². The third-order valence-electron chi connectivity index (χ3n) is 3.82. The van der Waals surface area contributed by atoms with Crippen molar-refractivity contribution < 1.29 is 17.5 Å². The molecule has 0 bridgehead atoms. The van der Waals surface area contributed by atoms with E-state index in [2.05, 4.69) is 5.10 Å². The number of hydrogen-bond donors (Lipinski definition) is 1. The van der Waals surface area contributed by atoms with Crippen LogP contribution >= 0.6 is 0 Å². The zero-order valence-corrected chi connectivity index (χ0v) is 15.1. The minimum absolute atomic E-state index is 0.0316. The highest BCUT2D eigenvalue weighted by Crippen LogP contribution is 2.26. The van der Waals surface area contributed by atoms with Crippen molar-refractivity contribution in [1.82, 2.24) is 9.19 Å². The van der Waals surface area contributed by atoms with Crippen LogP contribution in [0.5, 0.6) is 5.75 Å². The summed E-state index contributed by atoms with van der Waals surface area (Å²) in [6.07, 6.45) is 0. The molecular formula is C18H18FN3O3S. The quantitative estimate of drug-likeness (QED) is 0.740. The monoisotopic (exact) mass is 375 g/mol. The average molecular weight is 375 g/mol. The predicted molar refractivity (Wildman–Crippen MR) is 97.0 cm³/mol. The van der Waals surface area contributed by atoms with Crippen molar-refractivity contribution in [3.63, 3.8) is 0 Å². The molecule has 1 aromatic heterocycles. The molecule has 1 heterocycles. The van der Waals surface area contributed by atoms with Gasteiger partial charge >= 0.3 is 0 Å². The molecule has 0 saturated heterocycles. The Morgan fingerprint density at radius 1 is 1.15 bits per heavy atom. The maximum absolute atomic E-state index is 13.4. The van der Waals surface area contributed by atoms with E-state index in [1.807, 2.05) is 6.92 Å². The molecule has 0 aliphatic carbocycles. The van der Waals surface area contributed by atoms with E-state index in [9.17, 15) is 12.8 Å². The van der Waals surface area contributed by atoms with Crippen molar-refractivity contribution in [2.24, 2.45) is 0 Å². The molecule has 0 fully saturated rings. The molecule has 2 aromatic carbocycles. The fourth-order valence-electron chi connectivity index (χ4n) is 2.48. The summed E-state index contributed by atoms with van der Waals surface area (Å²) in [6.45, 7) is 3.93. The molecule has 0 spiro atoms. The summed E-state index contributed by atoms with van der Waals surface area (Å²) >= 11 is 0. The molecular weight excluding hydrogens is 357 g/mol. The number of nitrogens with two attached hydrogens (primary N) is 1. The first-order valence-electron chi connectivity index (χ1n) is 7.93. The first kappa shape index (κ1) is 17.9. The Morgan fingerprint density at radius 3 is 2.46 bits per heavy atom. The van der Waals surface area contributed by atoms with Gasteiger partial charge < -0.3 is 10.5 Å². The number of aromatic nitrogens is 2. The van der Waals surface area contributed by atoms with Gasteiger partial charge in [0, 0.05) is 11.6 Å². The number of benzene rings is 2. The average Bonchev–Trinajstić information content (AvgIpc) is 3.01. The van der Waals surface area contributed by atoms with E-state index in [4.69, 9.17) is 10.5 Å². The standard InChI is InChI=1S/C18H18FN3O3S/c1-3-25-14-6-4-13(5-7-14)17-11-18(20)22(21-17)26(23,24)15-8-9-16(19)12(2)10-15/h4-11H,3,20H2,1-2H3. The Morgan fingerprint density at radius 2 is 1.85 bits per heavy atom. The lowest BCUT2D eigenvalue weighted by atomic mass is 10.1. The Bertz CT molecular complexity index is 1040. The SMILES string of the molecule is CCOc1ccc(-c2cc(N)n(S(=O)(=O)c3ccc(F)c(C)c3)n2)cc1. The van der Waals surface area contributed by atoms with E-state index in [0.29, 0.717) is 23.6 Å². The van der Waals surface area contributed by atoms with Gasteiger partial charge in [0.1, 0.15) is 17.4 Å². The smallest absolute Gasteiger partial charge is 0.284 e. The lowest BCUT2D eigenvalue weighted by Crippen LogP contribution is -2.17. The van der Waals surface area contributed by atoms with Gasteiger partial charge in [-0.15, -0.1) is 4.09 Å². The van der Waals surface area contributed by atoms with Gasteiger partial charge in [0.05, 0.1) is 17.2 Å². The van der Waals surface area contributed by atoms with Crippen LogP contribution in [0, 0.1) is 12.7 Å². The Hall–Kier alpha value is -2.87. The van der Waals surface area contributed by atoms with Crippen LogP contribution in [-0.4, -0.2) is 24.2 Å². The van der Waals surface area contributed by atoms with Crippen LogP contribution in [0.15, 0.2) is 53.4 Å². The van der Waals surface area contributed by atoms with Gasteiger partial charge in [-0.3, -0.25) is 0 Å². The number of anilines is 1. The lowest BCUT2D eigenvalue weighted by Gasteiger charge is -2.07. The summed E-state index contributed by atoms with van der Waals surface area (Å²) < 4.78 is 45.1. The fraction of sp³-hybridized carbons (Fsp3) is 0.167. The van der Waals surface area contributed by atoms with E-state index in [0.717, 1.165) is 10.2 Å². The molecule has 136 valence electrons. The number of ether oxygens (including phenoxy) is 1. The third kappa shape index (κ3) is 3.28. The van der Waals surface area contributed by atoms with E-state index < -0.39 is 15.8 Å². The van der Waals surface area contributed by atoms with Gasteiger partial charge in [0.25, 0.3) is 10.0 Å². The molecule has 0 aliphatic heterocycles. The van der Waals surface area contributed by atoms with Gasteiger partial charge in [0.2, 0.25) is 0 Å². The number of halogens is 1. The maximum Gasteiger partial charge on any atom is 0.284 e. The van der Waals surface area contributed by atoms with Crippen molar-refractivity contribution in [1.29, 1.82) is 0 Å². The summed E-state index contributed by atoms with van der Waals surface area (Å²) in [4.78, 5) is -0.0792. The van der Waals surface area contributed by atoms with Crippen molar-refractivity contribution in [3.05, 3.63) is 59.9 Å².